The maximum atomic E-state index is 12.8. The first-order valence-corrected chi connectivity index (χ1v) is 6.12. The summed E-state index contributed by atoms with van der Waals surface area (Å²) in [5, 5.41) is 0. The van der Waals surface area contributed by atoms with E-state index in [0.717, 1.165) is 18.2 Å². The van der Waals surface area contributed by atoms with Crippen molar-refractivity contribution in [2.24, 2.45) is 5.73 Å². The van der Waals surface area contributed by atoms with Crippen LogP contribution in [0, 0.1) is 5.82 Å². The molecule has 0 atom stereocenters. The van der Waals surface area contributed by atoms with Gasteiger partial charge in [-0.15, -0.1) is 0 Å². The Kier molecular flexibility index (Phi) is 4.13. The Morgan fingerprint density at radius 2 is 1.57 bits per heavy atom. The third-order valence-electron chi connectivity index (χ3n) is 2.61. The number of hydrogen-bond acceptors (Lipinski definition) is 2. The van der Waals surface area contributed by atoms with E-state index in [4.69, 9.17) is 10.5 Å². The molecule has 2 aromatic rings. The lowest BCUT2D eigenvalue weighted by Crippen LogP contribution is -2.17. The molecule has 0 heterocycles. The minimum absolute atomic E-state index is 0.123. The van der Waals surface area contributed by atoms with Gasteiger partial charge in [-0.1, -0.05) is 12.2 Å². The van der Waals surface area contributed by atoms with E-state index in [1.165, 1.54) is 24.3 Å². The van der Waals surface area contributed by atoms with Gasteiger partial charge < -0.3 is 10.5 Å². The minimum Gasteiger partial charge on any atom is -0.457 e. The van der Waals surface area contributed by atoms with Gasteiger partial charge in [0.05, 0.1) is 5.56 Å². The second-order valence-corrected chi connectivity index (χ2v) is 4.57. The van der Waals surface area contributed by atoms with Crippen LogP contribution in [0.15, 0.2) is 42.5 Å². The lowest BCUT2D eigenvalue weighted by atomic mass is 10.1. The third kappa shape index (κ3) is 3.69. The normalized spacial score (nSPS) is 11.2. The number of nitrogens with two attached hydrogens (primary N) is 1. The summed E-state index contributed by atoms with van der Waals surface area (Å²) in [5.41, 5.74) is 4.07. The quantitative estimate of drug-likeness (QED) is 0.678. The highest BCUT2D eigenvalue weighted by atomic mass is 32.1. The van der Waals surface area contributed by atoms with Crippen molar-refractivity contribution in [3.05, 3.63) is 59.4 Å². The molecule has 2 N–H and O–H groups in total. The molecule has 0 spiro atoms. The molecule has 0 aliphatic heterocycles. The van der Waals surface area contributed by atoms with Gasteiger partial charge in [-0.05, 0) is 42.5 Å². The zero-order chi connectivity index (χ0) is 15.6. The predicted octanol–water partition coefficient (Wildman–Crippen LogP) is 4.27. The molecular formula is C14H9F4NOS. The number of alkyl halides is 3. The SMILES string of the molecule is NC(=S)c1cc(Oc2ccc(F)cc2)ccc1C(F)(F)F. The molecule has 2 rings (SSSR count). The van der Waals surface area contributed by atoms with Crippen molar-refractivity contribution in [1.29, 1.82) is 0 Å². The predicted molar refractivity (Wildman–Crippen MR) is 73.8 cm³/mol. The van der Waals surface area contributed by atoms with Crippen molar-refractivity contribution < 1.29 is 22.3 Å². The maximum absolute atomic E-state index is 12.8. The van der Waals surface area contributed by atoms with Gasteiger partial charge >= 0.3 is 6.18 Å². The minimum atomic E-state index is -4.56. The monoisotopic (exact) mass is 315 g/mol. The number of ether oxygens (including phenoxy) is 1. The highest BCUT2D eigenvalue weighted by Gasteiger charge is 2.34. The molecule has 0 aromatic heterocycles. The second-order valence-electron chi connectivity index (χ2n) is 4.13. The van der Waals surface area contributed by atoms with Crippen molar-refractivity contribution in [3.8, 4) is 11.5 Å². The van der Waals surface area contributed by atoms with E-state index in [9.17, 15) is 17.6 Å². The largest absolute Gasteiger partial charge is 0.457 e. The van der Waals surface area contributed by atoms with Gasteiger partial charge in [0.25, 0.3) is 0 Å². The number of halogens is 4. The fourth-order valence-corrected chi connectivity index (χ4v) is 1.85. The molecule has 0 amide bonds. The maximum Gasteiger partial charge on any atom is 0.417 e. The van der Waals surface area contributed by atoms with Crippen molar-refractivity contribution in [2.45, 2.75) is 6.18 Å². The molecule has 110 valence electrons. The van der Waals surface area contributed by atoms with Crippen molar-refractivity contribution in [1.82, 2.24) is 0 Å². The van der Waals surface area contributed by atoms with Crippen molar-refractivity contribution in [3.63, 3.8) is 0 Å². The molecule has 0 saturated heterocycles. The van der Waals surface area contributed by atoms with Gasteiger partial charge in [0.15, 0.2) is 0 Å². The summed E-state index contributed by atoms with van der Waals surface area (Å²) in [5.74, 6) is -0.0407. The van der Waals surface area contributed by atoms with Crippen LogP contribution in [0.25, 0.3) is 0 Å². The Morgan fingerprint density at radius 1 is 1.00 bits per heavy atom. The first-order valence-electron chi connectivity index (χ1n) is 5.72. The van der Waals surface area contributed by atoms with E-state index in [1.54, 1.807) is 0 Å². The zero-order valence-corrected chi connectivity index (χ0v) is 11.3. The average Bonchev–Trinajstić information content (AvgIpc) is 2.40. The van der Waals surface area contributed by atoms with Crippen LogP contribution >= 0.6 is 12.2 Å². The fourth-order valence-electron chi connectivity index (χ4n) is 1.68. The number of hydrogen-bond donors (Lipinski definition) is 1. The molecule has 7 heteroatoms. The van der Waals surface area contributed by atoms with Crippen LogP contribution in [-0.2, 0) is 6.18 Å². The molecule has 2 aromatic carbocycles. The fraction of sp³-hybridized carbons (Fsp3) is 0.0714. The van der Waals surface area contributed by atoms with Gasteiger partial charge in [0.1, 0.15) is 22.3 Å². The summed E-state index contributed by atoms with van der Waals surface area (Å²) >= 11 is 4.63. The Labute approximate surface area is 123 Å². The van der Waals surface area contributed by atoms with Crippen LogP contribution in [0.2, 0.25) is 0 Å². The molecule has 21 heavy (non-hydrogen) atoms. The Morgan fingerprint density at radius 3 is 2.10 bits per heavy atom. The summed E-state index contributed by atoms with van der Waals surface area (Å²) in [6.07, 6.45) is -4.56. The standard InChI is InChI=1S/C14H9F4NOS/c15-8-1-3-9(4-2-8)20-10-5-6-12(14(16,17)18)11(7-10)13(19)21/h1-7H,(H2,19,21). The van der Waals surface area contributed by atoms with E-state index in [2.05, 4.69) is 12.2 Å². The average molecular weight is 315 g/mol. The van der Waals surface area contributed by atoms with E-state index in [0.29, 0.717) is 0 Å². The second kappa shape index (κ2) is 5.69. The van der Waals surface area contributed by atoms with E-state index >= 15 is 0 Å². The topological polar surface area (TPSA) is 35.2 Å². The highest BCUT2D eigenvalue weighted by Crippen LogP contribution is 2.34. The summed E-state index contributed by atoms with van der Waals surface area (Å²) in [6, 6.07) is 8.15. The molecule has 0 radical (unpaired) electrons. The van der Waals surface area contributed by atoms with Crippen LogP contribution in [-0.4, -0.2) is 4.99 Å². The van der Waals surface area contributed by atoms with Gasteiger partial charge in [0, 0.05) is 5.56 Å². The number of benzene rings is 2. The zero-order valence-electron chi connectivity index (χ0n) is 10.4. The lowest BCUT2D eigenvalue weighted by molar-refractivity contribution is -0.137. The van der Waals surface area contributed by atoms with Crippen LogP contribution in [0.5, 0.6) is 11.5 Å². The number of thiocarbonyl (C=S) groups is 1. The molecular weight excluding hydrogens is 306 g/mol. The van der Waals surface area contributed by atoms with Gasteiger partial charge in [-0.3, -0.25) is 0 Å². The van der Waals surface area contributed by atoms with Crippen LogP contribution in [0.4, 0.5) is 17.6 Å². The molecule has 0 unspecified atom stereocenters. The Balaban J connectivity index is 2.36. The summed E-state index contributed by atoms with van der Waals surface area (Å²) in [7, 11) is 0. The molecule has 0 fully saturated rings. The molecule has 0 saturated carbocycles. The van der Waals surface area contributed by atoms with Crippen molar-refractivity contribution >= 4 is 17.2 Å². The molecule has 0 bridgehead atoms. The summed E-state index contributed by atoms with van der Waals surface area (Å²) in [4.78, 5) is -0.383. The smallest absolute Gasteiger partial charge is 0.417 e. The summed E-state index contributed by atoms with van der Waals surface area (Å²) < 4.78 is 56.6. The van der Waals surface area contributed by atoms with Gasteiger partial charge in [-0.25, -0.2) is 4.39 Å². The Bertz CT molecular complexity index is 668. The van der Waals surface area contributed by atoms with E-state index in [1.807, 2.05) is 0 Å². The van der Waals surface area contributed by atoms with E-state index < -0.39 is 17.6 Å². The van der Waals surface area contributed by atoms with Crippen LogP contribution in [0.3, 0.4) is 0 Å². The Hall–Kier alpha value is -2.15. The molecule has 0 aliphatic rings. The highest BCUT2D eigenvalue weighted by molar-refractivity contribution is 7.80. The molecule has 0 aliphatic carbocycles. The number of rotatable bonds is 3. The van der Waals surface area contributed by atoms with Crippen LogP contribution in [0.1, 0.15) is 11.1 Å². The van der Waals surface area contributed by atoms with Crippen LogP contribution < -0.4 is 10.5 Å². The van der Waals surface area contributed by atoms with E-state index in [-0.39, 0.29) is 22.1 Å². The summed E-state index contributed by atoms with van der Waals surface area (Å²) in [6.45, 7) is 0. The van der Waals surface area contributed by atoms with Gasteiger partial charge in [-0.2, -0.15) is 13.2 Å². The van der Waals surface area contributed by atoms with Crippen molar-refractivity contribution in [2.75, 3.05) is 0 Å². The molecule has 2 nitrogen and oxygen atoms in total. The first kappa shape index (κ1) is 15.2. The first-order chi connectivity index (χ1) is 9.77. The lowest BCUT2D eigenvalue weighted by Gasteiger charge is -2.14. The van der Waals surface area contributed by atoms with Gasteiger partial charge in [0.2, 0.25) is 0 Å². The third-order valence-corrected chi connectivity index (χ3v) is 2.83.